The largest absolute Gasteiger partial charge is 0.465 e. The molecule has 0 bridgehead atoms. The summed E-state index contributed by atoms with van der Waals surface area (Å²) < 4.78 is 37.2. The Morgan fingerprint density at radius 3 is 2.11 bits per heavy atom. The smallest absolute Gasteiger partial charge is 0.405 e. The fraction of sp³-hybridized carbons (Fsp3) is 0.480. The van der Waals surface area contributed by atoms with E-state index >= 15 is 0 Å². The molecule has 2 atom stereocenters. The van der Waals surface area contributed by atoms with E-state index in [1.165, 1.54) is 0 Å². The number of benzene rings is 2. The summed E-state index contributed by atoms with van der Waals surface area (Å²) in [6.45, 7) is 7.69. The third-order valence-electron chi connectivity index (χ3n) is 5.99. The van der Waals surface area contributed by atoms with E-state index in [9.17, 15) is 33.5 Å². The molecule has 10 nitrogen and oxygen atoms in total. The van der Waals surface area contributed by atoms with E-state index in [-0.39, 0.29) is 29.5 Å². The minimum Gasteiger partial charge on any atom is -0.465 e. The van der Waals surface area contributed by atoms with Crippen molar-refractivity contribution in [2.45, 2.75) is 57.6 Å². The van der Waals surface area contributed by atoms with Crippen molar-refractivity contribution < 1.29 is 29.7 Å². The summed E-state index contributed by atoms with van der Waals surface area (Å²) in [5, 5.41) is 34.9. The van der Waals surface area contributed by atoms with Crippen LogP contribution in [0.1, 0.15) is 41.6 Å². The zero-order chi connectivity index (χ0) is 28.2. The highest BCUT2D eigenvalue weighted by Crippen LogP contribution is 2.37. The number of aliphatic hydroxyl groups is 1. The van der Waals surface area contributed by atoms with Gasteiger partial charge in [-0.2, -0.15) is 4.31 Å². The quantitative estimate of drug-likeness (QED) is 0.299. The van der Waals surface area contributed by atoms with E-state index in [1.807, 2.05) is 0 Å². The summed E-state index contributed by atoms with van der Waals surface area (Å²) in [6.07, 6.45) is -4.19. The Balaban J connectivity index is 2.64. The number of nitrogens with one attached hydrogen (secondary N) is 1. The topological polar surface area (TPSA) is 150 Å². The van der Waals surface area contributed by atoms with Gasteiger partial charge >= 0.3 is 6.09 Å². The number of rotatable bonds is 11. The Labute approximate surface area is 213 Å². The van der Waals surface area contributed by atoms with E-state index in [1.54, 1.807) is 65.0 Å². The van der Waals surface area contributed by atoms with Crippen molar-refractivity contribution in [2.24, 2.45) is 11.3 Å². The van der Waals surface area contributed by atoms with E-state index in [0.29, 0.717) is 5.56 Å². The minimum atomic E-state index is -4.32. The number of non-ortho nitro benzene ring substituents is 1. The second-order valence-corrected chi connectivity index (χ2v) is 12.1. The molecule has 2 aromatic carbocycles. The molecule has 11 heteroatoms. The highest BCUT2D eigenvalue weighted by Gasteiger charge is 2.50. The van der Waals surface area contributed by atoms with Crippen molar-refractivity contribution in [3.05, 3.63) is 70.3 Å². The number of hydrogen-bond donors (Lipinski definition) is 3. The highest BCUT2D eigenvalue weighted by atomic mass is 32.2. The van der Waals surface area contributed by atoms with Gasteiger partial charge in [-0.15, -0.1) is 0 Å². The van der Waals surface area contributed by atoms with Crippen LogP contribution in [0.15, 0.2) is 59.5 Å². The first-order valence-corrected chi connectivity index (χ1v) is 12.9. The maximum atomic E-state index is 13.6. The lowest BCUT2D eigenvalue weighted by Gasteiger charge is -2.49. The predicted octanol–water partition coefficient (Wildman–Crippen LogP) is 3.90. The van der Waals surface area contributed by atoms with Gasteiger partial charge in [0.1, 0.15) is 0 Å². The van der Waals surface area contributed by atoms with Crippen LogP contribution in [-0.4, -0.2) is 58.7 Å². The maximum Gasteiger partial charge on any atom is 0.405 e. The number of hydrogen-bond acceptors (Lipinski definition) is 6. The lowest BCUT2D eigenvalue weighted by molar-refractivity contribution is -0.384. The molecule has 0 saturated carbocycles. The van der Waals surface area contributed by atoms with Crippen molar-refractivity contribution in [1.82, 2.24) is 9.62 Å². The Morgan fingerprint density at radius 2 is 1.67 bits per heavy atom. The molecule has 0 heterocycles. The zero-order valence-electron chi connectivity index (χ0n) is 22.1. The first-order valence-electron chi connectivity index (χ1n) is 11.9. The van der Waals surface area contributed by atoms with Crippen LogP contribution in [-0.2, 0) is 16.4 Å². The predicted molar refractivity (Wildman–Crippen MR) is 136 cm³/mol. The third-order valence-corrected chi connectivity index (χ3v) is 7.81. The van der Waals surface area contributed by atoms with Crippen molar-refractivity contribution in [3.63, 3.8) is 0 Å². The molecule has 0 radical (unpaired) electrons. The van der Waals surface area contributed by atoms with Gasteiger partial charge in [-0.3, -0.25) is 10.1 Å². The van der Waals surface area contributed by atoms with Gasteiger partial charge < -0.3 is 15.5 Å². The SMILES string of the molecule is [2H][C@](O)(CN(CC(C)C)S(=O)(=O)c1ccc([N+](=O)[O-])cc1)C(Cc1ccccc1)(NC(=O)O)C(C)(C)C. The zero-order valence-corrected chi connectivity index (χ0v) is 21.9. The average molecular weight is 523 g/mol. The molecule has 0 aliphatic heterocycles. The molecule has 2 rings (SSSR count). The number of amides is 1. The summed E-state index contributed by atoms with van der Waals surface area (Å²) in [5.74, 6) is -0.214. The number of nitro benzene ring substituents is 1. The van der Waals surface area contributed by atoms with Crippen molar-refractivity contribution in [2.75, 3.05) is 13.1 Å². The van der Waals surface area contributed by atoms with Gasteiger partial charge in [-0.25, -0.2) is 13.2 Å². The molecule has 0 saturated heterocycles. The molecule has 0 fully saturated rings. The highest BCUT2D eigenvalue weighted by molar-refractivity contribution is 7.89. The van der Waals surface area contributed by atoms with Crippen molar-refractivity contribution in [1.29, 1.82) is 0 Å². The Morgan fingerprint density at radius 1 is 1.11 bits per heavy atom. The molecule has 2 aromatic rings. The van der Waals surface area contributed by atoms with Gasteiger partial charge in [0.15, 0.2) is 0 Å². The van der Waals surface area contributed by atoms with Crippen LogP contribution in [0.25, 0.3) is 0 Å². The number of nitrogens with zero attached hydrogens (tertiary/aromatic N) is 2. The van der Waals surface area contributed by atoms with Gasteiger partial charge in [0.2, 0.25) is 10.0 Å². The van der Waals surface area contributed by atoms with Crippen LogP contribution in [0.4, 0.5) is 10.5 Å². The van der Waals surface area contributed by atoms with Crippen molar-refractivity contribution in [3.8, 4) is 0 Å². The van der Waals surface area contributed by atoms with Gasteiger partial charge in [-0.1, -0.05) is 65.0 Å². The Kier molecular flexibility index (Phi) is 8.70. The molecular weight excluding hydrogens is 486 g/mol. The normalized spacial score (nSPS) is 16.2. The molecular formula is C25H35N3O7S. The fourth-order valence-corrected chi connectivity index (χ4v) is 5.60. The maximum absolute atomic E-state index is 13.6. The van der Waals surface area contributed by atoms with E-state index < -0.39 is 44.6 Å². The third kappa shape index (κ3) is 6.80. The fourth-order valence-electron chi connectivity index (χ4n) is 4.03. The molecule has 0 aromatic heterocycles. The first kappa shape index (κ1) is 27.6. The lowest BCUT2D eigenvalue weighted by Crippen LogP contribution is -2.67. The number of sulfonamides is 1. The standard InChI is InChI=1S/C25H35N3O7S/c1-18(2)16-27(36(34,35)21-13-11-20(12-14-21)28(32)33)17-22(29)25(24(3,4)5,26-23(30)31)15-19-9-7-6-8-10-19/h6-14,18,22,26,29H,15-17H2,1-5H3,(H,30,31)/t22-,25?/m0/s1/i22D. The summed E-state index contributed by atoms with van der Waals surface area (Å²) in [6, 6.07) is 13.1. The number of nitro groups is 1. The van der Waals surface area contributed by atoms with Crippen LogP contribution in [0.2, 0.25) is 0 Å². The molecule has 3 N–H and O–H groups in total. The molecule has 198 valence electrons. The van der Waals surface area contributed by atoms with Gasteiger partial charge in [-0.05, 0) is 35.4 Å². The van der Waals surface area contributed by atoms with Gasteiger partial charge in [0.25, 0.3) is 5.69 Å². The molecule has 36 heavy (non-hydrogen) atoms. The first-order chi connectivity index (χ1) is 16.9. The Hall–Kier alpha value is -3.02. The van der Waals surface area contributed by atoms with Crippen molar-refractivity contribution >= 4 is 21.8 Å². The molecule has 0 spiro atoms. The second kappa shape index (κ2) is 11.4. The Bertz CT molecular complexity index is 1200. The van der Waals surface area contributed by atoms with E-state index in [4.69, 9.17) is 1.37 Å². The van der Waals surface area contributed by atoms with Crippen LogP contribution in [0, 0.1) is 21.4 Å². The summed E-state index contributed by atoms with van der Waals surface area (Å²) in [4.78, 5) is 22.1. The van der Waals surface area contributed by atoms with Gasteiger partial charge in [0.05, 0.1) is 22.8 Å². The summed E-state index contributed by atoms with van der Waals surface area (Å²) >= 11 is 0. The summed E-state index contributed by atoms with van der Waals surface area (Å²) in [7, 11) is -4.32. The molecule has 0 aliphatic carbocycles. The molecule has 0 aliphatic rings. The number of carboxylic acid groups (broad SMARTS) is 1. The second-order valence-electron chi connectivity index (χ2n) is 10.1. The van der Waals surface area contributed by atoms with Crippen LogP contribution < -0.4 is 5.32 Å². The minimum absolute atomic E-state index is 0.0842. The van der Waals surface area contributed by atoms with E-state index in [0.717, 1.165) is 28.6 Å². The van der Waals surface area contributed by atoms with Crippen LogP contribution >= 0.6 is 0 Å². The molecule has 1 amide bonds. The van der Waals surface area contributed by atoms with Gasteiger partial charge in [0, 0.05) is 25.2 Å². The monoisotopic (exact) mass is 522 g/mol. The van der Waals surface area contributed by atoms with Crippen LogP contribution in [0.3, 0.4) is 0 Å². The number of carbonyl (C=O) groups is 1. The summed E-state index contributed by atoms with van der Waals surface area (Å²) in [5.41, 5.74) is -2.52. The average Bonchev–Trinajstić information content (AvgIpc) is 2.77. The van der Waals surface area contributed by atoms with E-state index in [2.05, 4.69) is 5.32 Å². The van der Waals surface area contributed by atoms with Crippen LogP contribution in [0.5, 0.6) is 0 Å². The lowest BCUT2D eigenvalue weighted by atomic mass is 9.66. The molecule has 1 unspecified atom stereocenters.